The van der Waals surface area contributed by atoms with Crippen molar-refractivity contribution >= 4 is 32.8 Å². The smallest absolute Gasteiger partial charge is 0.338 e. The van der Waals surface area contributed by atoms with Gasteiger partial charge in [-0.05, 0) is 43.2 Å². The molecule has 0 bridgehead atoms. The summed E-state index contributed by atoms with van der Waals surface area (Å²) in [6, 6.07) is 9.01. The molecule has 0 saturated carbocycles. The van der Waals surface area contributed by atoms with Gasteiger partial charge < -0.3 is 4.74 Å². The van der Waals surface area contributed by atoms with Crippen molar-refractivity contribution in [1.29, 1.82) is 0 Å². The molecule has 0 saturated heterocycles. The van der Waals surface area contributed by atoms with Gasteiger partial charge >= 0.3 is 5.97 Å². The summed E-state index contributed by atoms with van der Waals surface area (Å²) in [6.07, 6.45) is 3.82. The zero-order chi connectivity index (χ0) is 19.7. The Morgan fingerprint density at radius 1 is 1.18 bits per heavy atom. The van der Waals surface area contributed by atoms with E-state index in [-0.39, 0.29) is 18.0 Å². The molecule has 28 heavy (non-hydrogen) atoms. The van der Waals surface area contributed by atoms with Crippen molar-refractivity contribution in [2.75, 3.05) is 0 Å². The highest BCUT2D eigenvalue weighted by atomic mass is 79.9. The highest BCUT2D eigenvalue weighted by Crippen LogP contribution is 2.20. The van der Waals surface area contributed by atoms with E-state index >= 15 is 0 Å². The second-order valence-corrected chi connectivity index (χ2v) is 7.69. The van der Waals surface area contributed by atoms with Crippen molar-refractivity contribution in [2.24, 2.45) is 0 Å². The van der Waals surface area contributed by atoms with Crippen LogP contribution in [0.3, 0.4) is 0 Å². The average molecular weight is 445 g/mol. The molecule has 7 heteroatoms. The Kier molecular flexibility index (Phi) is 5.26. The van der Waals surface area contributed by atoms with Gasteiger partial charge in [-0.1, -0.05) is 28.4 Å². The van der Waals surface area contributed by atoms with Gasteiger partial charge in [0.2, 0.25) is 0 Å². The Morgan fingerprint density at radius 2 is 2.04 bits per heavy atom. The van der Waals surface area contributed by atoms with Gasteiger partial charge in [-0.15, -0.1) is 0 Å². The van der Waals surface area contributed by atoms with Crippen molar-refractivity contribution in [3.05, 3.63) is 74.0 Å². The normalized spacial score (nSPS) is 13.8. The Labute approximate surface area is 169 Å². The molecule has 0 spiro atoms. The standard InChI is InChI=1S/C21H18BrFN2O3/c22-17-11-15(23)7-5-14(17)12-28-21(27)13-6-8-16-18(10-13)24-19-4-2-1-3-9-25(19)20(16)26/h5-8,10-11H,1-4,9,12H2. The minimum absolute atomic E-state index is 0.0119. The summed E-state index contributed by atoms with van der Waals surface area (Å²) in [5, 5.41) is 0.503. The van der Waals surface area contributed by atoms with Gasteiger partial charge in [-0.25, -0.2) is 14.2 Å². The molecule has 4 rings (SSSR count). The van der Waals surface area contributed by atoms with Crippen LogP contribution in [0.25, 0.3) is 10.9 Å². The van der Waals surface area contributed by atoms with Gasteiger partial charge in [0.05, 0.1) is 16.5 Å². The van der Waals surface area contributed by atoms with Crippen molar-refractivity contribution in [1.82, 2.24) is 9.55 Å². The second-order valence-electron chi connectivity index (χ2n) is 6.84. The molecular formula is C21H18BrFN2O3. The van der Waals surface area contributed by atoms with E-state index in [9.17, 15) is 14.0 Å². The first-order chi connectivity index (χ1) is 13.5. The lowest BCUT2D eigenvalue weighted by molar-refractivity contribution is 0.0472. The minimum Gasteiger partial charge on any atom is -0.457 e. The number of aromatic nitrogens is 2. The van der Waals surface area contributed by atoms with Crippen LogP contribution in [0.1, 0.15) is 41.0 Å². The summed E-state index contributed by atoms with van der Waals surface area (Å²) in [7, 11) is 0. The van der Waals surface area contributed by atoms with E-state index in [4.69, 9.17) is 4.74 Å². The summed E-state index contributed by atoms with van der Waals surface area (Å²) in [5.74, 6) is -0.112. The number of rotatable bonds is 3. The average Bonchev–Trinajstić information content (AvgIpc) is 2.92. The van der Waals surface area contributed by atoms with Gasteiger partial charge in [0, 0.05) is 23.0 Å². The van der Waals surface area contributed by atoms with Gasteiger partial charge in [0.1, 0.15) is 18.2 Å². The van der Waals surface area contributed by atoms with E-state index in [1.807, 2.05) is 0 Å². The molecule has 1 aliphatic rings. The maximum Gasteiger partial charge on any atom is 0.338 e. The molecule has 0 N–H and O–H groups in total. The molecule has 0 unspecified atom stereocenters. The van der Waals surface area contributed by atoms with Gasteiger partial charge in [0.25, 0.3) is 5.56 Å². The Bertz CT molecular complexity index is 1130. The summed E-state index contributed by atoms with van der Waals surface area (Å²) < 4.78 is 20.8. The fraction of sp³-hybridized carbons (Fsp3) is 0.286. The molecule has 0 aliphatic carbocycles. The number of hydrogen-bond acceptors (Lipinski definition) is 4. The number of fused-ring (bicyclic) bond motifs is 2. The third-order valence-corrected chi connectivity index (χ3v) is 5.66. The van der Waals surface area contributed by atoms with Crippen LogP contribution in [0.2, 0.25) is 0 Å². The summed E-state index contributed by atoms with van der Waals surface area (Å²) in [6.45, 7) is 0.700. The van der Waals surface area contributed by atoms with Crippen LogP contribution in [0.4, 0.5) is 4.39 Å². The van der Waals surface area contributed by atoms with Gasteiger partial charge in [-0.3, -0.25) is 9.36 Å². The van der Waals surface area contributed by atoms with E-state index in [0.717, 1.165) is 31.5 Å². The summed E-state index contributed by atoms with van der Waals surface area (Å²) in [5.41, 5.74) is 1.45. The maximum absolute atomic E-state index is 13.2. The van der Waals surface area contributed by atoms with Gasteiger partial charge in [0.15, 0.2) is 0 Å². The van der Waals surface area contributed by atoms with E-state index in [1.165, 1.54) is 12.1 Å². The van der Waals surface area contributed by atoms with Crippen LogP contribution in [0.5, 0.6) is 0 Å². The summed E-state index contributed by atoms with van der Waals surface area (Å²) >= 11 is 3.26. The number of esters is 1. The van der Waals surface area contributed by atoms with Crippen LogP contribution >= 0.6 is 15.9 Å². The van der Waals surface area contributed by atoms with E-state index in [2.05, 4.69) is 20.9 Å². The number of ether oxygens (including phenoxy) is 1. The SMILES string of the molecule is O=C(OCc1ccc(F)cc1Br)c1ccc2c(=O)n3c(nc2c1)CCCCC3. The molecule has 3 aromatic rings. The number of benzene rings is 2. The zero-order valence-corrected chi connectivity index (χ0v) is 16.7. The molecule has 0 amide bonds. The second kappa shape index (κ2) is 7.83. The van der Waals surface area contributed by atoms with Crippen LogP contribution in [-0.4, -0.2) is 15.5 Å². The quantitative estimate of drug-likeness (QED) is 0.562. The molecule has 1 aromatic heterocycles. The Balaban J connectivity index is 1.60. The fourth-order valence-corrected chi connectivity index (χ4v) is 3.88. The van der Waals surface area contributed by atoms with Crippen LogP contribution in [0, 0.1) is 5.82 Å². The lowest BCUT2D eigenvalue weighted by Gasteiger charge is -2.11. The maximum atomic E-state index is 13.2. The third-order valence-electron chi connectivity index (χ3n) is 4.93. The Morgan fingerprint density at radius 3 is 2.86 bits per heavy atom. The van der Waals surface area contributed by atoms with Crippen LogP contribution < -0.4 is 5.56 Å². The summed E-state index contributed by atoms with van der Waals surface area (Å²) in [4.78, 5) is 29.8. The van der Waals surface area contributed by atoms with Crippen molar-refractivity contribution in [2.45, 2.75) is 38.8 Å². The van der Waals surface area contributed by atoms with E-state index in [0.29, 0.717) is 33.0 Å². The number of carbonyl (C=O) groups is 1. The molecule has 0 radical (unpaired) electrons. The van der Waals surface area contributed by atoms with E-state index < -0.39 is 5.97 Å². The Hall–Kier alpha value is -2.54. The number of hydrogen-bond donors (Lipinski definition) is 0. The largest absolute Gasteiger partial charge is 0.457 e. The number of carbonyl (C=O) groups excluding carboxylic acids is 1. The molecular weight excluding hydrogens is 427 g/mol. The number of nitrogens with zero attached hydrogens (tertiary/aromatic N) is 2. The van der Waals surface area contributed by atoms with Crippen molar-refractivity contribution < 1.29 is 13.9 Å². The van der Waals surface area contributed by atoms with Gasteiger partial charge in [-0.2, -0.15) is 0 Å². The zero-order valence-electron chi connectivity index (χ0n) is 15.1. The molecule has 2 heterocycles. The van der Waals surface area contributed by atoms with Crippen LogP contribution in [-0.2, 0) is 24.3 Å². The number of aryl methyl sites for hydroxylation is 1. The molecule has 0 fully saturated rings. The predicted octanol–water partition coefficient (Wildman–Crippen LogP) is 4.38. The first-order valence-corrected chi connectivity index (χ1v) is 9.97. The fourth-order valence-electron chi connectivity index (χ4n) is 3.41. The lowest BCUT2D eigenvalue weighted by atomic mass is 10.1. The first-order valence-electron chi connectivity index (χ1n) is 9.17. The molecule has 5 nitrogen and oxygen atoms in total. The molecule has 2 aromatic carbocycles. The highest BCUT2D eigenvalue weighted by molar-refractivity contribution is 9.10. The first kappa shape index (κ1) is 18.8. The third kappa shape index (κ3) is 3.71. The topological polar surface area (TPSA) is 61.2 Å². The monoisotopic (exact) mass is 444 g/mol. The molecule has 144 valence electrons. The van der Waals surface area contributed by atoms with E-state index in [1.54, 1.807) is 28.8 Å². The minimum atomic E-state index is -0.519. The molecule has 0 atom stereocenters. The van der Waals surface area contributed by atoms with Crippen LogP contribution in [0.15, 0.2) is 45.7 Å². The lowest BCUT2D eigenvalue weighted by Crippen LogP contribution is -2.24. The predicted molar refractivity (Wildman–Crippen MR) is 107 cm³/mol. The molecule has 1 aliphatic heterocycles. The van der Waals surface area contributed by atoms with Crippen molar-refractivity contribution in [3.63, 3.8) is 0 Å². The highest BCUT2D eigenvalue weighted by Gasteiger charge is 2.16. The van der Waals surface area contributed by atoms with Crippen molar-refractivity contribution in [3.8, 4) is 0 Å². The number of halogens is 2.